The molecule has 142 valence electrons. The van der Waals surface area contributed by atoms with Crippen molar-refractivity contribution in [2.45, 2.75) is 11.8 Å². The number of carbonyl (C=O) groups is 1. The van der Waals surface area contributed by atoms with Crippen molar-refractivity contribution in [3.8, 4) is 11.3 Å². The van der Waals surface area contributed by atoms with E-state index in [1.807, 2.05) is 0 Å². The van der Waals surface area contributed by atoms with E-state index in [0.29, 0.717) is 22.2 Å². The van der Waals surface area contributed by atoms with E-state index in [-0.39, 0.29) is 17.2 Å². The fraction of sp³-hybridized carbons (Fsp3) is 0.105. The molecule has 4 aromatic rings. The Morgan fingerprint density at radius 3 is 2.64 bits per heavy atom. The highest BCUT2D eigenvalue weighted by Gasteiger charge is 2.21. The first kappa shape index (κ1) is 17.9. The summed E-state index contributed by atoms with van der Waals surface area (Å²) in [6.45, 7) is 1.93. The number of benzene rings is 2. The van der Waals surface area contributed by atoms with E-state index >= 15 is 0 Å². The van der Waals surface area contributed by atoms with E-state index in [1.165, 1.54) is 10.2 Å². The number of fused-ring (bicyclic) bond motifs is 1. The zero-order chi connectivity index (χ0) is 19.7. The minimum absolute atomic E-state index is 0.0811. The lowest BCUT2D eigenvalue weighted by atomic mass is 10.1. The fourth-order valence-electron chi connectivity index (χ4n) is 2.95. The van der Waals surface area contributed by atoms with E-state index in [4.69, 9.17) is 4.74 Å². The van der Waals surface area contributed by atoms with Gasteiger partial charge in [0, 0.05) is 17.1 Å². The summed E-state index contributed by atoms with van der Waals surface area (Å²) in [4.78, 5) is 12.2. The Labute approximate surface area is 160 Å². The number of aromatic nitrogens is 4. The highest BCUT2D eigenvalue weighted by Crippen LogP contribution is 2.28. The van der Waals surface area contributed by atoms with Crippen LogP contribution in [0.2, 0.25) is 0 Å². The van der Waals surface area contributed by atoms with Crippen LogP contribution in [0.1, 0.15) is 17.4 Å². The predicted molar refractivity (Wildman–Crippen MR) is 102 cm³/mol. The topological polar surface area (TPSA) is 107 Å². The molecule has 2 aromatic heterocycles. The van der Waals surface area contributed by atoms with Gasteiger partial charge in [-0.25, -0.2) is 17.2 Å². The number of esters is 1. The monoisotopic (exact) mass is 396 g/mol. The van der Waals surface area contributed by atoms with Gasteiger partial charge in [-0.1, -0.05) is 24.3 Å². The summed E-state index contributed by atoms with van der Waals surface area (Å²) in [5.41, 5.74) is 1.57. The predicted octanol–water partition coefficient (Wildman–Crippen LogP) is 2.84. The molecule has 0 unspecified atom stereocenters. The summed E-state index contributed by atoms with van der Waals surface area (Å²) in [7, 11) is -3.71. The molecule has 0 saturated carbocycles. The Morgan fingerprint density at radius 1 is 1.11 bits per heavy atom. The number of hydrogen-bond acceptors (Lipinski definition) is 6. The summed E-state index contributed by atoms with van der Waals surface area (Å²) < 4.78 is 32.0. The van der Waals surface area contributed by atoms with Gasteiger partial charge in [0.05, 0.1) is 17.0 Å². The van der Waals surface area contributed by atoms with Gasteiger partial charge in [0.25, 0.3) is 10.0 Å². The van der Waals surface area contributed by atoms with Crippen molar-refractivity contribution in [3.63, 3.8) is 0 Å². The van der Waals surface area contributed by atoms with Crippen LogP contribution in [0.25, 0.3) is 22.2 Å². The molecule has 28 heavy (non-hydrogen) atoms. The number of rotatable bonds is 5. The highest BCUT2D eigenvalue weighted by atomic mass is 32.2. The van der Waals surface area contributed by atoms with Crippen LogP contribution < -0.4 is 0 Å². The van der Waals surface area contributed by atoms with E-state index in [0.717, 1.165) is 0 Å². The molecule has 2 heterocycles. The van der Waals surface area contributed by atoms with Crippen LogP contribution in [0.3, 0.4) is 0 Å². The molecule has 4 rings (SSSR count). The van der Waals surface area contributed by atoms with Gasteiger partial charge < -0.3 is 4.74 Å². The minimum Gasteiger partial charge on any atom is -0.461 e. The molecular formula is C19H16N4O4S. The molecule has 0 aliphatic carbocycles. The Hall–Kier alpha value is -3.46. The van der Waals surface area contributed by atoms with Crippen LogP contribution in [0.4, 0.5) is 0 Å². The molecule has 0 spiro atoms. The third-order valence-electron chi connectivity index (χ3n) is 4.24. The zero-order valence-electron chi connectivity index (χ0n) is 14.9. The number of carbonyl (C=O) groups excluding carboxylic acids is 1. The van der Waals surface area contributed by atoms with Crippen molar-refractivity contribution in [3.05, 3.63) is 66.5 Å². The molecule has 1 N–H and O–H groups in total. The van der Waals surface area contributed by atoms with Crippen molar-refractivity contribution in [1.29, 1.82) is 0 Å². The Balaban J connectivity index is 1.78. The first-order valence-corrected chi connectivity index (χ1v) is 9.96. The maximum Gasteiger partial charge on any atom is 0.361 e. The lowest BCUT2D eigenvalue weighted by molar-refractivity contribution is 0.0520. The number of ether oxygens (including phenoxy) is 1. The molecule has 0 radical (unpaired) electrons. The normalized spacial score (nSPS) is 11.6. The van der Waals surface area contributed by atoms with Crippen molar-refractivity contribution in [2.75, 3.05) is 6.61 Å². The summed E-state index contributed by atoms with van der Waals surface area (Å²) in [5.74, 6) is -0.574. The molecule has 0 atom stereocenters. The van der Waals surface area contributed by atoms with E-state index in [1.54, 1.807) is 61.5 Å². The fourth-order valence-corrected chi connectivity index (χ4v) is 4.33. The van der Waals surface area contributed by atoms with E-state index < -0.39 is 16.0 Å². The van der Waals surface area contributed by atoms with E-state index in [2.05, 4.69) is 15.4 Å². The van der Waals surface area contributed by atoms with Crippen LogP contribution in [0.5, 0.6) is 0 Å². The molecule has 0 amide bonds. The highest BCUT2D eigenvalue weighted by molar-refractivity contribution is 7.90. The quantitative estimate of drug-likeness (QED) is 0.520. The number of hydrogen-bond donors (Lipinski definition) is 1. The summed E-state index contributed by atoms with van der Waals surface area (Å²) in [6, 6.07) is 15.0. The van der Waals surface area contributed by atoms with Gasteiger partial charge in [0.2, 0.25) is 0 Å². The smallest absolute Gasteiger partial charge is 0.361 e. The zero-order valence-corrected chi connectivity index (χ0v) is 15.7. The summed E-state index contributed by atoms with van der Waals surface area (Å²) >= 11 is 0. The van der Waals surface area contributed by atoms with Gasteiger partial charge in [-0.2, -0.15) is 10.3 Å². The minimum atomic E-state index is -3.71. The molecule has 2 aromatic carbocycles. The van der Waals surface area contributed by atoms with Crippen molar-refractivity contribution in [1.82, 2.24) is 19.4 Å². The summed E-state index contributed by atoms with van der Waals surface area (Å²) in [6.07, 6.45) is 1.51. The standard InChI is InChI=1S/C19H16N4O4S/c1-2-27-19(24)18-17(20-22-21-18)14-8-9-16-13(12-14)10-11-23(16)28(25,26)15-6-4-3-5-7-15/h3-12H,2H2,1H3,(H,20,21,22). The average Bonchev–Trinajstić information content (AvgIpc) is 3.35. The van der Waals surface area contributed by atoms with Gasteiger partial charge in [-0.15, -0.1) is 5.10 Å². The van der Waals surface area contributed by atoms with Gasteiger partial charge in [-0.3, -0.25) is 0 Å². The molecular weight excluding hydrogens is 380 g/mol. The number of H-pyrrole nitrogens is 1. The first-order valence-electron chi connectivity index (χ1n) is 8.52. The Morgan fingerprint density at radius 2 is 1.89 bits per heavy atom. The second-order valence-electron chi connectivity index (χ2n) is 5.94. The van der Waals surface area contributed by atoms with Crippen molar-refractivity contribution in [2.24, 2.45) is 0 Å². The largest absolute Gasteiger partial charge is 0.461 e. The Kier molecular flexibility index (Phi) is 4.44. The maximum absolute atomic E-state index is 12.9. The van der Waals surface area contributed by atoms with Crippen LogP contribution in [-0.4, -0.2) is 40.4 Å². The second kappa shape index (κ2) is 6.93. The molecule has 9 heteroatoms. The van der Waals surface area contributed by atoms with Crippen molar-refractivity contribution < 1.29 is 17.9 Å². The average molecular weight is 396 g/mol. The number of nitrogens with one attached hydrogen (secondary N) is 1. The summed E-state index contributed by atoms with van der Waals surface area (Å²) in [5, 5.41) is 11.0. The second-order valence-corrected chi connectivity index (χ2v) is 7.76. The van der Waals surface area contributed by atoms with Crippen LogP contribution in [-0.2, 0) is 14.8 Å². The van der Waals surface area contributed by atoms with Gasteiger partial charge in [-0.05, 0) is 37.3 Å². The molecule has 0 saturated heterocycles. The Bertz CT molecular complexity index is 1260. The third-order valence-corrected chi connectivity index (χ3v) is 5.95. The van der Waals surface area contributed by atoms with Crippen LogP contribution >= 0.6 is 0 Å². The first-order chi connectivity index (χ1) is 13.5. The maximum atomic E-state index is 12.9. The van der Waals surface area contributed by atoms with Crippen molar-refractivity contribution >= 4 is 26.9 Å². The van der Waals surface area contributed by atoms with Gasteiger partial charge in [0.1, 0.15) is 5.69 Å². The van der Waals surface area contributed by atoms with Gasteiger partial charge >= 0.3 is 5.97 Å². The third kappa shape index (κ3) is 2.95. The van der Waals surface area contributed by atoms with E-state index in [9.17, 15) is 13.2 Å². The molecule has 8 nitrogen and oxygen atoms in total. The van der Waals surface area contributed by atoms with Crippen LogP contribution in [0.15, 0.2) is 65.7 Å². The molecule has 0 fully saturated rings. The molecule has 0 bridgehead atoms. The number of aromatic amines is 1. The lowest BCUT2D eigenvalue weighted by Crippen LogP contribution is -2.11. The van der Waals surface area contributed by atoms with Crippen LogP contribution in [0, 0.1) is 0 Å². The van der Waals surface area contributed by atoms with Gasteiger partial charge in [0.15, 0.2) is 5.69 Å². The molecule has 0 aliphatic rings. The molecule has 0 aliphatic heterocycles. The SMILES string of the molecule is CCOC(=O)c1n[nH]nc1-c1ccc2c(ccn2S(=O)(=O)c2ccccc2)c1. The lowest BCUT2D eigenvalue weighted by Gasteiger charge is -2.08. The number of nitrogens with zero attached hydrogens (tertiary/aromatic N) is 3.